The summed E-state index contributed by atoms with van der Waals surface area (Å²) in [5, 5.41) is 12.1. The molecule has 2 atom stereocenters. The largest absolute Gasteiger partial charge is 0.433 e. The van der Waals surface area contributed by atoms with Gasteiger partial charge in [0, 0.05) is 7.11 Å². The zero-order valence-electron chi connectivity index (χ0n) is 12.3. The Morgan fingerprint density at radius 3 is 2.64 bits per heavy atom. The van der Waals surface area contributed by atoms with Crippen molar-refractivity contribution in [2.45, 2.75) is 50.4 Å². The number of alkyl halides is 3. The molecule has 0 aromatic carbocycles. The summed E-state index contributed by atoms with van der Waals surface area (Å²) in [5.41, 5.74) is -0.899. The van der Waals surface area contributed by atoms with Crippen LogP contribution in [0.3, 0.4) is 0 Å². The molecule has 2 rings (SSSR count). The summed E-state index contributed by atoms with van der Waals surface area (Å²) in [7, 11) is 1.59. The van der Waals surface area contributed by atoms with Crippen molar-refractivity contribution in [2.24, 2.45) is 0 Å². The number of nitrogens with one attached hydrogen (secondary N) is 1. The minimum Gasteiger partial charge on any atom is -0.379 e. The summed E-state index contributed by atoms with van der Waals surface area (Å²) in [6, 6.07) is 3.71. The van der Waals surface area contributed by atoms with Gasteiger partial charge in [-0.25, -0.2) is 4.98 Å². The first-order chi connectivity index (χ1) is 10.5. The van der Waals surface area contributed by atoms with E-state index in [1.165, 1.54) is 0 Å². The fraction of sp³-hybridized carbons (Fsp3) is 0.600. The molecule has 0 saturated heterocycles. The predicted molar refractivity (Wildman–Crippen MR) is 75.2 cm³/mol. The van der Waals surface area contributed by atoms with E-state index in [0.29, 0.717) is 0 Å². The lowest BCUT2D eigenvalue weighted by Crippen LogP contribution is -2.34. The third-order valence-corrected chi connectivity index (χ3v) is 3.88. The van der Waals surface area contributed by atoms with Gasteiger partial charge in [-0.05, 0) is 25.0 Å². The van der Waals surface area contributed by atoms with E-state index in [2.05, 4.69) is 10.3 Å². The molecular formula is C15H18F3N3O. The fourth-order valence-corrected chi connectivity index (χ4v) is 2.71. The van der Waals surface area contributed by atoms with Gasteiger partial charge in [0.1, 0.15) is 17.6 Å². The summed E-state index contributed by atoms with van der Waals surface area (Å²) in [6.07, 6.45) is 0.0607. The maximum atomic E-state index is 12.8. The van der Waals surface area contributed by atoms with Crippen LogP contribution in [0.1, 0.15) is 43.4 Å². The van der Waals surface area contributed by atoms with Gasteiger partial charge in [0.15, 0.2) is 0 Å². The second-order valence-corrected chi connectivity index (χ2v) is 5.37. The van der Waals surface area contributed by atoms with Gasteiger partial charge >= 0.3 is 6.18 Å². The molecule has 7 heteroatoms. The summed E-state index contributed by atoms with van der Waals surface area (Å²) >= 11 is 0. The Balaban J connectivity index is 2.28. The van der Waals surface area contributed by atoms with Gasteiger partial charge in [-0.2, -0.15) is 18.4 Å². The van der Waals surface area contributed by atoms with Crippen LogP contribution in [0.25, 0.3) is 0 Å². The number of hydrogen-bond donors (Lipinski definition) is 1. The molecule has 0 radical (unpaired) electrons. The lowest BCUT2D eigenvalue weighted by atomic mass is 10.1. The van der Waals surface area contributed by atoms with Crippen LogP contribution in [0, 0.1) is 11.3 Å². The van der Waals surface area contributed by atoms with Gasteiger partial charge < -0.3 is 10.1 Å². The molecule has 22 heavy (non-hydrogen) atoms. The molecule has 120 valence electrons. The number of anilines is 1. The molecule has 1 aliphatic carbocycles. The average Bonchev–Trinajstić information content (AvgIpc) is 2.71. The van der Waals surface area contributed by atoms with Gasteiger partial charge in [-0.1, -0.05) is 19.3 Å². The molecule has 0 spiro atoms. The van der Waals surface area contributed by atoms with Crippen LogP contribution >= 0.6 is 0 Å². The average molecular weight is 313 g/mol. The number of halogens is 3. The van der Waals surface area contributed by atoms with E-state index in [1.807, 2.05) is 6.07 Å². The van der Waals surface area contributed by atoms with Crippen molar-refractivity contribution >= 4 is 5.82 Å². The van der Waals surface area contributed by atoms with E-state index in [1.54, 1.807) is 7.11 Å². The third kappa shape index (κ3) is 3.89. The van der Waals surface area contributed by atoms with E-state index in [4.69, 9.17) is 10.00 Å². The fourth-order valence-electron chi connectivity index (χ4n) is 2.71. The quantitative estimate of drug-likeness (QED) is 0.864. The number of pyridine rings is 1. The van der Waals surface area contributed by atoms with Gasteiger partial charge in [-0.15, -0.1) is 0 Å². The molecule has 1 N–H and O–H groups in total. The molecule has 1 heterocycles. The lowest BCUT2D eigenvalue weighted by molar-refractivity contribution is -0.141. The first-order valence-electron chi connectivity index (χ1n) is 7.23. The molecule has 1 fully saturated rings. The maximum Gasteiger partial charge on any atom is 0.433 e. The van der Waals surface area contributed by atoms with E-state index in [9.17, 15) is 13.2 Å². The van der Waals surface area contributed by atoms with Gasteiger partial charge in [-0.3, -0.25) is 0 Å². The van der Waals surface area contributed by atoms with Crippen LogP contribution in [0.5, 0.6) is 0 Å². The SMILES string of the molecule is COC1CCCCCC1Nc1nc(C(F)(F)F)ccc1C#N. The number of rotatable bonds is 3. The third-order valence-electron chi connectivity index (χ3n) is 3.88. The van der Waals surface area contributed by atoms with Crippen molar-refractivity contribution in [2.75, 3.05) is 12.4 Å². The highest BCUT2D eigenvalue weighted by molar-refractivity contribution is 5.53. The van der Waals surface area contributed by atoms with Crippen molar-refractivity contribution < 1.29 is 17.9 Å². The molecule has 0 amide bonds. The Morgan fingerprint density at radius 2 is 2.00 bits per heavy atom. The molecule has 1 saturated carbocycles. The Labute approximate surface area is 127 Å². The molecule has 1 aliphatic rings. The van der Waals surface area contributed by atoms with Crippen LogP contribution in [0.15, 0.2) is 12.1 Å². The van der Waals surface area contributed by atoms with Crippen molar-refractivity contribution in [3.05, 3.63) is 23.4 Å². The lowest BCUT2D eigenvalue weighted by Gasteiger charge is -2.26. The number of aromatic nitrogens is 1. The van der Waals surface area contributed by atoms with Crippen molar-refractivity contribution in [1.29, 1.82) is 5.26 Å². The van der Waals surface area contributed by atoms with Gasteiger partial charge in [0.05, 0.1) is 17.7 Å². The highest BCUT2D eigenvalue weighted by Gasteiger charge is 2.33. The Bertz CT molecular complexity index is 554. The number of nitrogens with zero attached hydrogens (tertiary/aromatic N) is 2. The Morgan fingerprint density at radius 1 is 1.27 bits per heavy atom. The van der Waals surface area contributed by atoms with Crippen LogP contribution in [0.2, 0.25) is 0 Å². The minimum absolute atomic E-state index is 0.0220. The number of ether oxygens (including phenoxy) is 1. The highest BCUT2D eigenvalue weighted by atomic mass is 19.4. The van der Waals surface area contributed by atoms with E-state index in [-0.39, 0.29) is 23.5 Å². The molecule has 1 aromatic rings. The summed E-state index contributed by atoms with van der Waals surface area (Å²) in [4.78, 5) is 3.59. The van der Waals surface area contributed by atoms with E-state index >= 15 is 0 Å². The second-order valence-electron chi connectivity index (χ2n) is 5.37. The van der Waals surface area contributed by atoms with Crippen LogP contribution in [-0.4, -0.2) is 24.2 Å². The van der Waals surface area contributed by atoms with Gasteiger partial charge in [0.25, 0.3) is 0 Å². The summed E-state index contributed by atoms with van der Waals surface area (Å²) in [5.74, 6) is -0.0220. The van der Waals surface area contributed by atoms with E-state index < -0.39 is 11.9 Å². The topological polar surface area (TPSA) is 57.9 Å². The predicted octanol–water partition coefficient (Wildman–Crippen LogP) is 3.73. The zero-order valence-corrected chi connectivity index (χ0v) is 12.3. The molecule has 0 aliphatic heterocycles. The van der Waals surface area contributed by atoms with Crippen LogP contribution < -0.4 is 5.32 Å². The second kappa shape index (κ2) is 6.97. The van der Waals surface area contributed by atoms with Crippen LogP contribution in [-0.2, 0) is 10.9 Å². The molecular weight excluding hydrogens is 295 g/mol. The number of nitriles is 1. The number of methoxy groups -OCH3 is 1. The maximum absolute atomic E-state index is 12.8. The first-order valence-corrected chi connectivity index (χ1v) is 7.23. The first kappa shape index (κ1) is 16.6. The van der Waals surface area contributed by atoms with Crippen molar-refractivity contribution in [3.8, 4) is 6.07 Å². The molecule has 4 nitrogen and oxygen atoms in total. The Hall–Kier alpha value is -1.81. The van der Waals surface area contributed by atoms with Gasteiger partial charge in [0.2, 0.25) is 0 Å². The summed E-state index contributed by atoms with van der Waals surface area (Å²) < 4.78 is 43.8. The van der Waals surface area contributed by atoms with Crippen molar-refractivity contribution in [3.63, 3.8) is 0 Å². The molecule has 2 unspecified atom stereocenters. The minimum atomic E-state index is -4.53. The smallest absolute Gasteiger partial charge is 0.379 e. The monoisotopic (exact) mass is 313 g/mol. The van der Waals surface area contributed by atoms with Crippen molar-refractivity contribution in [1.82, 2.24) is 4.98 Å². The number of hydrogen-bond acceptors (Lipinski definition) is 4. The zero-order chi connectivity index (χ0) is 16.2. The van der Waals surface area contributed by atoms with Crippen LogP contribution in [0.4, 0.5) is 19.0 Å². The molecule has 0 bridgehead atoms. The highest BCUT2D eigenvalue weighted by Crippen LogP contribution is 2.30. The normalized spacial score (nSPS) is 22.7. The summed E-state index contributed by atoms with van der Waals surface area (Å²) in [6.45, 7) is 0. The Kier molecular flexibility index (Phi) is 5.24. The molecule has 1 aromatic heterocycles. The van der Waals surface area contributed by atoms with E-state index in [0.717, 1.165) is 44.2 Å². The standard InChI is InChI=1S/C15H18F3N3O/c1-22-12-6-4-2-3-5-11(12)20-14-10(9-19)7-8-13(21-14)15(16,17)18/h7-8,11-12H,2-6H2,1H3,(H,20,21).